The topological polar surface area (TPSA) is 64.1 Å². The molecule has 1 saturated heterocycles. The summed E-state index contributed by atoms with van der Waals surface area (Å²) in [6.45, 7) is 11.8. The van der Waals surface area contributed by atoms with Gasteiger partial charge < -0.3 is 24.8 Å². The second-order valence-corrected chi connectivity index (χ2v) is 7.47. The van der Waals surface area contributed by atoms with Crippen molar-refractivity contribution in [2.75, 3.05) is 39.5 Å². The van der Waals surface area contributed by atoms with Crippen molar-refractivity contribution in [2.45, 2.75) is 52.7 Å². The summed E-state index contributed by atoms with van der Waals surface area (Å²) in [5, 5.41) is 6.68. The quantitative estimate of drug-likeness (QED) is 0.189. The zero-order valence-electron chi connectivity index (χ0n) is 18.1. The van der Waals surface area contributed by atoms with Crippen LogP contribution in [0, 0.1) is 5.92 Å². The molecular weight excluding hydrogens is 481 g/mol. The molecule has 0 spiro atoms. The molecule has 0 radical (unpaired) electrons. The van der Waals surface area contributed by atoms with Crippen molar-refractivity contribution in [1.82, 2.24) is 10.6 Å². The van der Waals surface area contributed by atoms with E-state index in [2.05, 4.69) is 37.5 Å². The second kappa shape index (κ2) is 15.7. The van der Waals surface area contributed by atoms with Crippen molar-refractivity contribution in [3.8, 4) is 5.75 Å². The van der Waals surface area contributed by atoms with Crippen LogP contribution in [0.4, 0.5) is 0 Å². The number of hydrogen-bond acceptors (Lipinski definition) is 4. The molecule has 1 aromatic rings. The summed E-state index contributed by atoms with van der Waals surface area (Å²) in [4.78, 5) is 4.72. The van der Waals surface area contributed by atoms with E-state index in [0.29, 0.717) is 12.5 Å². The van der Waals surface area contributed by atoms with Gasteiger partial charge in [0.1, 0.15) is 5.75 Å². The van der Waals surface area contributed by atoms with Crippen LogP contribution in [0.2, 0.25) is 0 Å². The number of benzene rings is 1. The van der Waals surface area contributed by atoms with Crippen LogP contribution in [0.25, 0.3) is 0 Å². The van der Waals surface area contributed by atoms with Crippen molar-refractivity contribution in [3.05, 3.63) is 29.8 Å². The molecule has 29 heavy (non-hydrogen) atoms. The van der Waals surface area contributed by atoms with Gasteiger partial charge in [-0.2, -0.15) is 0 Å². The van der Waals surface area contributed by atoms with Crippen LogP contribution in [0.3, 0.4) is 0 Å². The zero-order valence-corrected chi connectivity index (χ0v) is 20.4. The van der Waals surface area contributed by atoms with Gasteiger partial charge in [0.2, 0.25) is 0 Å². The number of para-hydroxylation sites is 1. The molecule has 0 bridgehead atoms. The van der Waals surface area contributed by atoms with Crippen molar-refractivity contribution in [1.29, 1.82) is 0 Å². The van der Waals surface area contributed by atoms with Gasteiger partial charge in [-0.25, -0.2) is 4.99 Å². The maximum Gasteiger partial charge on any atom is 0.191 e. The molecule has 0 amide bonds. The number of rotatable bonds is 12. The number of nitrogens with one attached hydrogen (secondary N) is 2. The highest BCUT2D eigenvalue weighted by atomic mass is 127. The molecule has 1 aliphatic rings. The molecular formula is C22H38IN3O3. The maximum absolute atomic E-state index is 5.97. The standard InChI is InChI=1S/C22H37N3O3.HI/c1-4-23-22(24-12-7-13-27-20-11-14-26-17-20)25-16-19-8-5-6-9-21(19)28-15-10-18(2)3;/h5-6,8-9,18,20H,4,7,10-17H2,1-3H3,(H2,23,24,25);1H. The summed E-state index contributed by atoms with van der Waals surface area (Å²) < 4.78 is 17.1. The number of hydrogen-bond donors (Lipinski definition) is 2. The van der Waals surface area contributed by atoms with E-state index in [1.165, 1.54) is 0 Å². The van der Waals surface area contributed by atoms with E-state index in [1.54, 1.807) is 0 Å². The molecule has 1 unspecified atom stereocenters. The minimum absolute atomic E-state index is 0. The molecule has 166 valence electrons. The second-order valence-electron chi connectivity index (χ2n) is 7.47. The van der Waals surface area contributed by atoms with E-state index in [0.717, 1.165) is 76.1 Å². The summed E-state index contributed by atoms with van der Waals surface area (Å²) in [6, 6.07) is 8.15. The Labute approximate surface area is 193 Å². The monoisotopic (exact) mass is 519 g/mol. The van der Waals surface area contributed by atoms with Crippen LogP contribution in [-0.2, 0) is 16.0 Å². The Bertz CT molecular complexity index is 578. The van der Waals surface area contributed by atoms with Gasteiger partial charge in [-0.1, -0.05) is 32.0 Å². The Kier molecular flexibility index (Phi) is 14.1. The van der Waals surface area contributed by atoms with Crippen LogP contribution < -0.4 is 15.4 Å². The Hall–Kier alpha value is -1.06. The van der Waals surface area contributed by atoms with Crippen LogP contribution >= 0.6 is 24.0 Å². The summed E-state index contributed by atoms with van der Waals surface area (Å²) in [5.41, 5.74) is 1.10. The summed E-state index contributed by atoms with van der Waals surface area (Å²) in [6.07, 6.45) is 3.28. The average molecular weight is 519 g/mol. The highest BCUT2D eigenvalue weighted by Gasteiger charge is 2.15. The summed E-state index contributed by atoms with van der Waals surface area (Å²) in [5.74, 6) is 2.39. The molecule has 0 aromatic heterocycles. The van der Waals surface area contributed by atoms with E-state index >= 15 is 0 Å². The van der Waals surface area contributed by atoms with E-state index in [9.17, 15) is 0 Å². The molecule has 2 N–H and O–H groups in total. The van der Waals surface area contributed by atoms with Gasteiger partial charge in [-0.3, -0.25) is 0 Å². The lowest BCUT2D eigenvalue weighted by molar-refractivity contribution is 0.0420. The highest BCUT2D eigenvalue weighted by molar-refractivity contribution is 14.0. The van der Waals surface area contributed by atoms with Gasteiger partial charge in [0.15, 0.2) is 5.96 Å². The minimum atomic E-state index is 0. The van der Waals surface area contributed by atoms with Gasteiger partial charge >= 0.3 is 0 Å². The summed E-state index contributed by atoms with van der Waals surface area (Å²) >= 11 is 0. The molecule has 1 aliphatic heterocycles. The van der Waals surface area contributed by atoms with Crippen molar-refractivity contribution in [2.24, 2.45) is 10.9 Å². The molecule has 6 nitrogen and oxygen atoms in total. The van der Waals surface area contributed by atoms with Crippen molar-refractivity contribution < 1.29 is 14.2 Å². The lowest BCUT2D eigenvalue weighted by Gasteiger charge is -2.14. The number of nitrogens with zero attached hydrogens (tertiary/aromatic N) is 1. The molecule has 2 rings (SSSR count). The lowest BCUT2D eigenvalue weighted by atomic mass is 10.1. The average Bonchev–Trinajstić information content (AvgIpc) is 3.20. The number of guanidine groups is 1. The first kappa shape index (κ1) is 26.0. The molecule has 7 heteroatoms. The van der Waals surface area contributed by atoms with E-state index in [1.807, 2.05) is 18.2 Å². The van der Waals surface area contributed by atoms with Gasteiger partial charge in [0.25, 0.3) is 0 Å². The number of aliphatic imine (C=N–C) groups is 1. The Morgan fingerprint density at radius 2 is 2.07 bits per heavy atom. The minimum Gasteiger partial charge on any atom is -0.493 e. The third-order valence-electron chi connectivity index (χ3n) is 4.53. The maximum atomic E-state index is 5.97. The predicted octanol–water partition coefficient (Wildman–Crippen LogP) is 3.98. The third-order valence-corrected chi connectivity index (χ3v) is 4.53. The van der Waals surface area contributed by atoms with Crippen molar-refractivity contribution in [3.63, 3.8) is 0 Å². The number of halogens is 1. The molecule has 1 fully saturated rings. The van der Waals surface area contributed by atoms with Crippen molar-refractivity contribution >= 4 is 29.9 Å². The molecule has 0 saturated carbocycles. The SMILES string of the molecule is CCNC(=NCc1ccccc1OCCC(C)C)NCCCOC1CCOC1.I. The normalized spacial score (nSPS) is 16.6. The fraction of sp³-hybridized carbons (Fsp3) is 0.682. The predicted molar refractivity (Wildman–Crippen MR) is 129 cm³/mol. The van der Waals surface area contributed by atoms with Crippen LogP contribution in [0.5, 0.6) is 5.75 Å². The van der Waals surface area contributed by atoms with E-state index in [4.69, 9.17) is 19.2 Å². The first-order valence-electron chi connectivity index (χ1n) is 10.6. The molecule has 1 atom stereocenters. The Morgan fingerprint density at radius 3 is 2.79 bits per heavy atom. The van der Waals surface area contributed by atoms with Gasteiger partial charge in [-0.15, -0.1) is 24.0 Å². The molecule has 1 heterocycles. The van der Waals surface area contributed by atoms with Crippen LogP contribution in [-0.4, -0.2) is 51.6 Å². The van der Waals surface area contributed by atoms with Crippen LogP contribution in [0.15, 0.2) is 29.3 Å². The van der Waals surface area contributed by atoms with E-state index in [-0.39, 0.29) is 30.1 Å². The first-order chi connectivity index (χ1) is 13.7. The smallest absolute Gasteiger partial charge is 0.191 e. The number of ether oxygens (including phenoxy) is 3. The first-order valence-corrected chi connectivity index (χ1v) is 10.6. The Balaban J connectivity index is 0.00000420. The van der Waals surface area contributed by atoms with Gasteiger partial charge in [-0.05, 0) is 38.2 Å². The van der Waals surface area contributed by atoms with Crippen LogP contribution in [0.1, 0.15) is 45.6 Å². The fourth-order valence-electron chi connectivity index (χ4n) is 2.86. The van der Waals surface area contributed by atoms with Gasteiger partial charge in [0.05, 0.1) is 25.9 Å². The van der Waals surface area contributed by atoms with Gasteiger partial charge in [0, 0.05) is 31.9 Å². The fourth-order valence-corrected chi connectivity index (χ4v) is 2.86. The molecule has 0 aliphatic carbocycles. The van der Waals surface area contributed by atoms with E-state index < -0.39 is 0 Å². The largest absolute Gasteiger partial charge is 0.493 e. The Morgan fingerprint density at radius 1 is 1.24 bits per heavy atom. The lowest BCUT2D eigenvalue weighted by Crippen LogP contribution is -2.38. The summed E-state index contributed by atoms with van der Waals surface area (Å²) in [7, 11) is 0. The molecule has 1 aromatic carbocycles. The third kappa shape index (κ3) is 11.1. The highest BCUT2D eigenvalue weighted by Crippen LogP contribution is 2.19. The zero-order chi connectivity index (χ0) is 20.0.